The topological polar surface area (TPSA) is 127 Å². The molecule has 0 aliphatic carbocycles. The van der Waals surface area contributed by atoms with E-state index >= 15 is 0 Å². The Balaban J connectivity index is 2.01. The molecule has 0 aliphatic heterocycles. The fourth-order valence-corrected chi connectivity index (χ4v) is 2.59. The Morgan fingerprint density at radius 1 is 1.18 bits per heavy atom. The van der Waals surface area contributed by atoms with Gasteiger partial charge in [0, 0.05) is 18.2 Å². The fourth-order valence-electron chi connectivity index (χ4n) is 2.59. The molecule has 9 nitrogen and oxygen atoms in total. The van der Waals surface area contributed by atoms with Crippen molar-refractivity contribution in [1.82, 2.24) is 9.78 Å². The number of aromatic hydroxyl groups is 1. The third kappa shape index (κ3) is 3.73. The Morgan fingerprint density at radius 2 is 1.93 bits per heavy atom. The first-order chi connectivity index (χ1) is 13.3. The maximum absolute atomic E-state index is 12.6. The predicted molar refractivity (Wildman–Crippen MR) is 102 cm³/mol. The number of carbonyl (C=O) groups is 1. The molecule has 142 valence electrons. The third-order valence-corrected chi connectivity index (χ3v) is 4.05. The van der Waals surface area contributed by atoms with Crippen molar-refractivity contribution in [3.8, 4) is 11.4 Å². The number of aryl methyl sites for hydroxylation is 2. The summed E-state index contributed by atoms with van der Waals surface area (Å²) in [4.78, 5) is 35.2. The molecule has 2 N–H and O–H groups in total. The number of amides is 1. The molecule has 28 heavy (non-hydrogen) atoms. The van der Waals surface area contributed by atoms with E-state index in [0.29, 0.717) is 11.3 Å². The van der Waals surface area contributed by atoms with Gasteiger partial charge in [-0.3, -0.25) is 19.7 Å². The molecule has 2 aromatic carbocycles. The Bertz CT molecular complexity index is 1150. The Hall–Kier alpha value is -4.01. The molecule has 1 amide bonds. The van der Waals surface area contributed by atoms with Crippen LogP contribution in [0.5, 0.6) is 5.75 Å². The van der Waals surface area contributed by atoms with Gasteiger partial charge in [0.2, 0.25) is 0 Å². The summed E-state index contributed by atoms with van der Waals surface area (Å²) in [5.41, 5.74) is 0.934. The number of hydrogen-bond acceptors (Lipinski definition) is 6. The van der Waals surface area contributed by atoms with Crippen LogP contribution in [0.2, 0.25) is 0 Å². The van der Waals surface area contributed by atoms with Gasteiger partial charge in [0.05, 0.1) is 16.3 Å². The van der Waals surface area contributed by atoms with Gasteiger partial charge in [0.25, 0.3) is 17.2 Å². The summed E-state index contributed by atoms with van der Waals surface area (Å²) in [7, 11) is 0. The summed E-state index contributed by atoms with van der Waals surface area (Å²) in [5, 5.41) is 27.4. The lowest BCUT2D eigenvalue weighted by Crippen LogP contribution is -2.25. The normalized spacial score (nSPS) is 10.5. The molecule has 0 spiro atoms. The zero-order valence-electron chi connectivity index (χ0n) is 15.0. The van der Waals surface area contributed by atoms with E-state index in [1.165, 1.54) is 18.2 Å². The van der Waals surface area contributed by atoms with Crippen molar-refractivity contribution in [2.45, 2.75) is 13.8 Å². The molecule has 1 heterocycles. The van der Waals surface area contributed by atoms with Gasteiger partial charge in [0.15, 0.2) is 11.4 Å². The SMILES string of the molecule is Cc1cccc(-n2nc(C(=O)Nc3cc([N+](=O)[O-])ccc3C)c(O)cc2=O)c1. The van der Waals surface area contributed by atoms with E-state index in [2.05, 4.69) is 10.4 Å². The number of aromatic nitrogens is 2. The summed E-state index contributed by atoms with van der Waals surface area (Å²) >= 11 is 0. The second-order valence-corrected chi connectivity index (χ2v) is 6.18. The van der Waals surface area contributed by atoms with Gasteiger partial charge in [-0.15, -0.1) is 0 Å². The highest BCUT2D eigenvalue weighted by Gasteiger charge is 2.19. The Morgan fingerprint density at radius 3 is 2.61 bits per heavy atom. The number of non-ortho nitro benzene ring substituents is 1. The summed E-state index contributed by atoms with van der Waals surface area (Å²) < 4.78 is 1.00. The minimum Gasteiger partial charge on any atom is -0.505 e. The molecule has 0 atom stereocenters. The van der Waals surface area contributed by atoms with Crippen molar-refractivity contribution in [3.63, 3.8) is 0 Å². The van der Waals surface area contributed by atoms with E-state index in [-0.39, 0.29) is 17.1 Å². The lowest BCUT2D eigenvalue weighted by molar-refractivity contribution is -0.384. The highest BCUT2D eigenvalue weighted by Crippen LogP contribution is 2.23. The van der Waals surface area contributed by atoms with Crippen LogP contribution >= 0.6 is 0 Å². The number of nitrogens with one attached hydrogen (secondary N) is 1. The van der Waals surface area contributed by atoms with Gasteiger partial charge in [-0.25, -0.2) is 0 Å². The van der Waals surface area contributed by atoms with E-state index in [1.807, 2.05) is 13.0 Å². The number of rotatable bonds is 4. The molecule has 0 fully saturated rings. The van der Waals surface area contributed by atoms with E-state index in [4.69, 9.17) is 0 Å². The zero-order chi connectivity index (χ0) is 20.4. The lowest BCUT2D eigenvalue weighted by Gasteiger charge is -2.11. The van der Waals surface area contributed by atoms with Crippen LogP contribution in [-0.2, 0) is 0 Å². The van der Waals surface area contributed by atoms with Crippen molar-refractivity contribution in [3.05, 3.63) is 85.8 Å². The van der Waals surface area contributed by atoms with Crippen LogP contribution in [0.3, 0.4) is 0 Å². The molecular weight excluding hydrogens is 364 g/mol. The third-order valence-electron chi connectivity index (χ3n) is 4.05. The van der Waals surface area contributed by atoms with Crippen LogP contribution in [0.4, 0.5) is 11.4 Å². The van der Waals surface area contributed by atoms with E-state index in [9.17, 15) is 24.8 Å². The van der Waals surface area contributed by atoms with Crippen molar-refractivity contribution in [2.24, 2.45) is 0 Å². The molecule has 0 unspecified atom stereocenters. The van der Waals surface area contributed by atoms with Crippen LogP contribution in [-0.4, -0.2) is 25.7 Å². The first-order valence-electron chi connectivity index (χ1n) is 8.23. The van der Waals surface area contributed by atoms with Crippen molar-refractivity contribution in [1.29, 1.82) is 0 Å². The van der Waals surface area contributed by atoms with Gasteiger partial charge in [-0.05, 0) is 37.1 Å². The van der Waals surface area contributed by atoms with Crippen LogP contribution in [0.1, 0.15) is 21.6 Å². The molecule has 3 aromatic rings. The standard InChI is InChI=1S/C19H16N4O5/c1-11-4-3-5-13(8-11)22-17(25)10-16(24)18(21-22)19(26)20-15-9-14(23(27)28)7-6-12(15)2/h3-10,24H,1-2H3,(H,20,26). The number of carbonyl (C=O) groups excluding carboxylic acids is 1. The molecule has 0 radical (unpaired) electrons. The van der Waals surface area contributed by atoms with Crippen LogP contribution in [0, 0.1) is 24.0 Å². The van der Waals surface area contributed by atoms with Crippen molar-refractivity contribution in [2.75, 3.05) is 5.32 Å². The molecule has 9 heteroatoms. The zero-order valence-corrected chi connectivity index (χ0v) is 15.0. The Labute approximate surface area is 159 Å². The smallest absolute Gasteiger partial charge is 0.280 e. The van der Waals surface area contributed by atoms with Gasteiger partial charge >= 0.3 is 0 Å². The fraction of sp³-hybridized carbons (Fsp3) is 0.105. The van der Waals surface area contributed by atoms with Crippen molar-refractivity contribution >= 4 is 17.3 Å². The van der Waals surface area contributed by atoms with E-state index < -0.39 is 22.1 Å². The highest BCUT2D eigenvalue weighted by atomic mass is 16.6. The number of nitro groups is 1. The highest BCUT2D eigenvalue weighted by molar-refractivity contribution is 6.05. The second kappa shape index (κ2) is 7.31. The first kappa shape index (κ1) is 18.8. The van der Waals surface area contributed by atoms with E-state index in [0.717, 1.165) is 16.3 Å². The summed E-state index contributed by atoms with van der Waals surface area (Å²) in [6.45, 7) is 3.51. The molecular formula is C19H16N4O5. The van der Waals surface area contributed by atoms with Crippen LogP contribution < -0.4 is 10.9 Å². The number of nitro benzene ring substituents is 1. The molecule has 0 bridgehead atoms. The van der Waals surface area contributed by atoms with Crippen LogP contribution in [0.15, 0.2) is 53.3 Å². The monoisotopic (exact) mass is 380 g/mol. The average Bonchev–Trinajstić information content (AvgIpc) is 2.63. The number of hydrogen-bond donors (Lipinski definition) is 2. The minimum absolute atomic E-state index is 0.192. The van der Waals surface area contributed by atoms with Gasteiger partial charge in [0.1, 0.15) is 0 Å². The predicted octanol–water partition coefficient (Wildman–Crippen LogP) is 2.72. The Kier molecular flexibility index (Phi) is 4.90. The number of benzene rings is 2. The first-order valence-corrected chi connectivity index (χ1v) is 8.23. The van der Waals surface area contributed by atoms with E-state index in [1.54, 1.807) is 25.1 Å². The molecule has 3 rings (SSSR count). The lowest BCUT2D eigenvalue weighted by atomic mass is 10.1. The molecule has 0 aliphatic rings. The molecule has 0 saturated heterocycles. The van der Waals surface area contributed by atoms with Gasteiger partial charge in [-0.2, -0.15) is 9.78 Å². The van der Waals surface area contributed by atoms with Gasteiger partial charge < -0.3 is 10.4 Å². The number of anilines is 1. The maximum atomic E-state index is 12.6. The maximum Gasteiger partial charge on any atom is 0.280 e. The molecule has 1 aromatic heterocycles. The second-order valence-electron chi connectivity index (χ2n) is 6.18. The minimum atomic E-state index is -0.803. The van der Waals surface area contributed by atoms with Crippen molar-refractivity contribution < 1.29 is 14.8 Å². The average molecular weight is 380 g/mol. The summed E-state index contributed by atoms with van der Waals surface area (Å²) in [6, 6.07) is 11.8. The quantitative estimate of drug-likeness (QED) is 0.529. The largest absolute Gasteiger partial charge is 0.505 e. The molecule has 0 saturated carbocycles. The summed E-state index contributed by atoms with van der Waals surface area (Å²) in [6.07, 6.45) is 0. The summed E-state index contributed by atoms with van der Waals surface area (Å²) in [5.74, 6) is -1.39. The number of nitrogens with zero attached hydrogens (tertiary/aromatic N) is 3. The van der Waals surface area contributed by atoms with Crippen LogP contribution in [0.25, 0.3) is 5.69 Å². The van der Waals surface area contributed by atoms with Gasteiger partial charge in [-0.1, -0.05) is 18.2 Å².